The number of hydrogen-bond donors (Lipinski definition) is 0. The molecule has 3 unspecified atom stereocenters. The Labute approximate surface area is 335 Å². The summed E-state index contributed by atoms with van der Waals surface area (Å²) in [6.07, 6.45) is 2.65. The van der Waals surface area contributed by atoms with Gasteiger partial charge in [-0.3, -0.25) is 0 Å². The number of nitrogens with zero attached hydrogens (tertiary/aromatic N) is 4. The van der Waals surface area contributed by atoms with Crippen LogP contribution in [0, 0.1) is 23.8 Å². The number of fused-ring (bicyclic) bond motifs is 13. The molecular formula is C53H38N4O. The summed E-state index contributed by atoms with van der Waals surface area (Å²) in [5, 5.41) is 17.9. The maximum Gasteiger partial charge on any atom is 0.210 e. The molecule has 0 spiro atoms. The van der Waals surface area contributed by atoms with Gasteiger partial charge in [-0.2, -0.15) is 5.26 Å². The Kier molecular flexibility index (Phi) is 6.83. The largest absolute Gasteiger partial charge is 0.456 e. The normalized spacial score (nSPS) is 18.6. The van der Waals surface area contributed by atoms with E-state index in [1.807, 2.05) is 18.2 Å². The van der Waals surface area contributed by atoms with Crippen LogP contribution in [0.5, 0.6) is 0 Å². The number of furan rings is 1. The third-order valence-electron chi connectivity index (χ3n) is 13.7. The molecule has 0 N–H and O–H groups in total. The Bertz CT molecular complexity index is 3470. The lowest BCUT2D eigenvalue weighted by molar-refractivity contribution is 0.260. The lowest BCUT2D eigenvalue weighted by atomic mass is 9.73. The first kappa shape index (κ1) is 33.1. The van der Waals surface area contributed by atoms with Crippen LogP contribution in [0.1, 0.15) is 61.8 Å². The fraction of sp³-hybridized carbons (Fsp3) is 0.170. The Morgan fingerprint density at radius 1 is 0.672 bits per heavy atom. The molecule has 3 atom stereocenters. The fourth-order valence-corrected chi connectivity index (χ4v) is 11.3. The van der Waals surface area contributed by atoms with Crippen molar-refractivity contribution >= 4 is 71.2 Å². The van der Waals surface area contributed by atoms with Crippen molar-refractivity contribution in [2.45, 2.75) is 50.5 Å². The molecule has 10 aromatic rings. The van der Waals surface area contributed by atoms with Crippen molar-refractivity contribution in [2.75, 3.05) is 0 Å². The molecule has 276 valence electrons. The van der Waals surface area contributed by atoms with Gasteiger partial charge < -0.3 is 13.6 Å². The summed E-state index contributed by atoms with van der Waals surface area (Å²) < 4.78 is 11.3. The van der Waals surface area contributed by atoms with Crippen LogP contribution < -0.4 is 0 Å². The van der Waals surface area contributed by atoms with Gasteiger partial charge in [-0.15, -0.1) is 0 Å². The van der Waals surface area contributed by atoms with Crippen molar-refractivity contribution in [2.24, 2.45) is 5.92 Å². The van der Waals surface area contributed by atoms with E-state index in [-0.39, 0.29) is 23.3 Å². The molecule has 7 aromatic carbocycles. The summed E-state index contributed by atoms with van der Waals surface area (Å²) in [5.74, 6) is -0.281. The molecule has 3 heterocycles. The lowest BCUT2D eigenvalue weighted by Gasteiger charge is -2.38. The highest BCUT2D eigenvalue weighted by Gasteiger charge is 2.41. The van der Waals surface area contributed by atoms with E-state index in [1.54, 1.807) is 0 Å². The highest BCUT2D eigenvalue weighted by atomic mass is 16.3. The molecule has 0 radical (unpaired) electrons. The second-order valence-corrected chi connectivity index (χ2v) is 16.8. The monoisotopic (exact) mass is 746 g/mol. The predicted molar refractivity (Wildman–Crippen MR) is 236 cm³/mol. The zero-order valence-electron chi connectivity index (χ0n) is 32.3. The van der Waals surface area contributed by atoms with E-state index in [1.165, 1.54) is 33.0 Å². The van der Waals surface area contributed by atoms with Crippen molar-refractivity contribution < 1.29 is 4.42 Å². The van der Waals surface area contributed by atoms with Crippen molar-refractivity contribution in [3.05, 3.63) is 168 Å². The highest BCUT2D eigenvalue weighted by Crippen LogP contribution is 2.55. The summed E-state index contributed by atoms with van der Waals surface area (Å²) in [7, 11) is 0. The third-order valence-corrected chi connectivity index (χ3v) is 13.7. The van der Waals surface area contributed by atoms with Gasteiger partial charge in [-0.1, -0.05) is 123 Å². The summed E-state index contributed by atoms with van der Waals surface area (Å²) in [6, 6.07) is 52.4. The van der Waals surface area contributed by atoms with E-state index in [4.69, 9.17) is 11.0 Å². The Morgan fingerprint density at radius 2 is 1.43 bits per heavy atom. The van der Waals surface area contributed by atoms with Crippen LogP contribution in [0.3, 0.4) is 0 Å². The zero-order chi connectivity index (χ0) is 38.9. The van der Waals surface area contributed by atoms with Crippen LogP contribution in [0.2, 0.25) is 0 Å². The molecule has 0 aliphatic heterocycles. The van der Waals surface area contributed by atoms with E-state index in [0.717, 1.165) is 85.3 Å². The van der Waals surface area contributed by atoms with E-state index >= 15 is 0 Å². The first-order valence-corrected chi connectivity index (χ1v) is 20.4. The molecule has 58 heavy (non-hydrogen) atoms. The van der Waals surface area contributed by atoms with Crippen LogP contribution >= 0.6 is 0 Å². The minimum absolute atomic E-state index is 0.0442. The molecule has 0 bridgehead atoms. The molecule has 1 saturated carbocycles. The first-order chi connectivity index (χ1) is 28.5. The Morgan fingerprint density at radius 3 is 2.28 bits per heavy atom. The van der Waals surface area contributed by atoms with Crippen molar-refractivity contribution in [3.8, 4) is 22.9 Å². The topological polar surface area (TPSA) is 51.1 Å². The third kappa shape index (κ3) is 4.28. The molecule has 0 amide bonds. The van der Waals surface area contributed by atoms with E-state index in [9.17, 15) is 5.26 Å². The van der Waals surface area contributed by atoms with Crippen molar-refractivity contribution in [1.82, 2.24) is 9.13 Å². The number of aromatic nitrogens is 2. The summed E-state index contributed by atoms with van der Waals surface area (Å²) >= 11 is 0. The van der Waals surface area contributed by atoms with E-state index in [2.05, 4.69) is 155 Å². The van der Waals surface area contributed by atoms with E-state index in [0.29, 0.717) is 5.69 Å². The standard InChI is InChI=1S/C53H38N4O/c1-53(2)41-21-8-4-15-32(41)35-26-27-45-49(50(35)53)38-18-6-10-24-44(38)56(45)52-37(20-13-22-42(52)55-3)36-19-12-14-31(30-54)51(36)57-43-23-9-5-16-33(43)39-29-48-40(28-46(39)57)34-17-7-11-25-47(34)58-48/h4-11,13,15-18,20-29,31,36,51H,12,14,19H2,1-2H3. The molecule has 1 fully saturated rings. The highest BCUT2D eigenvalue weighted by molar-refractivity contribution is 6.17. The fourth-order valence-electron chi connectivity index (χ4n) is 11.3. The van der Waals surface area contributed by atoms with E-state index < -0.39 is 0 Å². The maximum absolute atomic E-state index is 11.1. The van der Waals surface area contributed by atoms with Gasteiger partial charge in [0.15, 0.2) is 0 Å². The second kappa shape index (κ2) is 12.0. The lowest BCUT2D eigenvalue weighted by Crippen LogP contribution is -2.29. The van der Waals surface area contributed by atoms with Gasteiger partial charge in [0.1, 0.15) is 11.2 Å². The minimum Gasteiger partial charge on any atom is -0.456 e. The van der Waals surface area contributed by atoms with Crippen LogP contribution in [-0.4, -0.2) is 9.13 Å². The summed E-state index contributed by atoms with van der Waals surface area (Å²) in [4.78, 5) is 4.26. The first-order valence-electron chi connectivity index (χ1n) is 20.4. The van der Waals surface area contributed by atoms with Gasteiger partial charge in [0.25, 0.3) is 0 Å². The second-order valence-electron chi connectivity index (χ2n) is 16.8. The van der Waals surface area contributed by atoms with Crippen molar-refractivity contribution in [3.63, 3.8) is 0 Å². The Hall–Kier alpha value is -7.08. The summed E-state index contributed by atoms with van der Waals surface area (Å²) in [6.45, 7) is 13.3. The van der Waals surface area contributed by atoms with Gasteiger partial charge in [0.05, 0.1) is 46.8 Å². The zero-order valence-corrected chi connectivity index (χ0v) is 32.3. The van der Waals surface area contributed by atoms with Crippen LogP contribution in [-0.2, 0) is 5.41 Å². The van der Waals surface area contributed by atoms with Gasteiger partial charge in [-0.25, -0.2) is 4.85 Å². The molecule has 0 saturated heterocycles. The molecule has 2 aliphatic carbocycles. The summed E-state index contributed by atoms with van der Waals surface area (Å²) in [5.41, 5.74) is 13.9. The molecule has 5 nitrogen and oxygen atoms in total. The average molecular weight is 747 g/mol. The van der Waals surface area contributed by atoms with Crippen molar-refractivity contribution in [1.29, 1.82) is 5.26 Å². The van der Waals surface area contributed by atoms with Gasteiger partial charge >= 0.3 is 0 Å². The number of nitriles is 1. The molecular weight excluding hydrogens is 709 g/mol. The molecule has 2 aliphatic rings. The Balaban J connectivity index is 1.15. The average Bonchev–Trinajstić information content (AvgIpc) is 3.97. The maximum atomic E-state index is 11.1. The SMILES string of the molecule is [C-]#[N+]c1cccc(C2CCCC(C#N)C2n2c3ccccc3c3cc4oc5ccccc5c4cc32)c1-n1c2ccccc2c2c3c(ccc21)-c1ccccc1C3(C)C. The predicted octanol–water partition coefficient (Wildman–Crippen LogP) is 14.3. The number of benzene rings is 7. The van der Waals surface area contributed by atoms with Crippen LogP contribution in [0.25, 0.3) is 87.2 Å². The quantitative estimate of drug-likeness (QED) is 0.169. The number of para-hydroxylation sites is 4. The number of hydrogen-bond acceptors (Lipinski definition) is 2. The van der Waals surface area contributed by atoms with Gasteiger partial charge in [0, 0.05) is 49.2 Å². The number of rotatable bonds is 3. The molecule has 3 aromatic heterocycles. The van der Waals surface area contributed by atoms with Gasteiger partial charge in [-0.05, 0) is 77.1 Å². The molecule has 5 heteroatoms. The minimum atomic E-state index is -0.236. The molecule has 12 rings (SSSR count). The van der Waals surface area contributed by atoms with Crippen LogP contribution in [0.15, 0.2) is 144 Å². The smallest absolute Gasteiger partial charge is 0.210 e. The van der Waals surface area contributed by atoms with Gasteiger partial charge in [0.2, 0.25) is 5.69 Å². The van der Waals surface area contributed by atoms with Crippen LogP contribution in [0.4, 0.5) is 5.69 Å².